The lowest BCUT2D eigenvalue weighted by Gasteiger charge is -2.45. The van der Waals surface area contributed by atoms with Gasteiger partial charge in [0.2, 0.25) is 0 Å². The quantitative estimate of drug-likeness (QED) is 0.775. The summed E-state index contributed by atoms with van der Waals surface area (Å²) in [6, 6.07) is 0.765. The third-order valence-corrected chi connectivity index (χ3v) is 4.89. The van der Waals surface area contributed by atoms with Crippen LogP contribution in [0.5, 0.6) is 0 Å². The molecule has 0 bridgehead atoms. The Bertz CT molecular complexity index is 217. The van der Waals surface area contributed by atoms with Crippen molar-refractivity contribution in [2.75, 3.05) is 13.1 Å². The van der Waals surface area contributed by atoms with E-state index in [0.29, 0.717) is 5.54 Å². The van der Waals surface area contributed by atoms with Gasteiger partial charge < -0.3 is 5.73 Å². The maximum Gasteiger partial charge on any atom is 0.0362 e. The number of nitrogens with zero attached hydrogens (tertiary/aromatic N) is 1. The van der Waals surface area contributed by atoms with Crippen molar-refractivity contribution in [3.63, 3.8) is 0 Å². The van der Waals surface area contributed by atoms with Crippen LogP contribution < -0.4 is 5.73 Å². The van der Waals surface area contributed by atoms with E-state index in [2.05, 4.69) is 18.7 Å². The lowest BCUT2D eigenvalue weighted by Crippen LogP contribution is -2.57. The average molecular weight is 210 g/mol. The number of rotatable bonds is 3. The van der Waals surface area contributed by atoms with Crippen molar-refractivity contribution in [3.8, 4) is 0 Å². The molecule has 0 aromatic rings. The van der Waals surface area contributed by atoms with Crippen LogP contribution in [-0.4, -0.2) is 29.6 Å². The predicted octanol–water partition coefficient (Wildman–Crippen LogP) is 2.38. The Labute approximate surface area is 94.2 Å². The van der Waals surface area contributed by atoms with Gasteiger partial charge in [-0.05, 0) is 45.1 Å². The summed E-state index contributed by atoms with van der Waals surface area (Å²) in [6.45, 7) is 6.88. The molecule has 1 heterocycles. The molecule has 2 nitrogen and oxygen atoms in total. The lowest BCUT2D eigenvalue weighted by molar-refractivity contribution is 0.0497. The molecule has 1 saturated carbocycles. The molecule has 2 N–H and O–H groups in total. The Kier molecular flexibility index (Phi) is 3.36. The third kappa shape index (κ3) is 1.72. The van der Waals surface area contributed by atoms with Crippen molar-refractivity contribution in [1.82, 2.24) is 4.90 Å². The highest BCUT2D eigenvalue weighted by molar-refractivity contribution is 5.04. The Morgan fingerprint density at radius 1 is 1.33 bits per heavy atom. The zero-order chi connectivity index (χ0) is 10.9. The summed E-state index contributed by atoms with van der Waals surface area (Å²) in [6.07, 6.45) is 8.18. The van der Waals surface area contributed by atoms with Crippen LogP contribution >= 0.6 is 0 Å². The van der Waals surface area contributed by atoms with Crippen LogP contribution in [0.2, 0.25) is 0 Å². The molecule has 0 aromatic carbocycles. The number of nitrogens with two attached hydrogens (primary N) is 1. The second kappa shape index (κ2) is 4.42. The summed E-state index contributed by atoms with van der Waals surface area (Å²) in [5.74, 6) is 0.850. The molecule has 3 unspecified atom stereocenters. The maximum atomic E-state index is 6.14. The standard InChI is InChI=1S/C13H26N2/c1-3-12-7-4-8-13(12,10-14)15-9-5-6-11(15)2/h11-12H,3-10,14H2,1-2H3. The van der Waals surface area contributed by atoms with E-state index in [-0.39, 0.29) is 0 Å². The van der Waals surface area contributed by atoms with Gasteiger partial charge in [-0.2, -0.15) is 0 Å². The molecule has 2 heteroatoms. The number of hydrogen-bond acceptors (Lipinski definition) is 2. The molecule has 0 amide bonds. The summed E-state index contributed by atoms with van der Waals surface area (Å²) in [5.41, 5.74) is 6.50. The molecular formula is C13H26N2. The minimum atomic E-state index is 0.366. The predicted molar refractivity (Wildman–Crippen MR) is 64.8 cm³/mol. The van der Waals surface area contributed by atoms with Crippen molar-refractivity contribution in [1.29, 1.82) is 0 Å². The molecule has 2 fully saturated rings. The van der Waals surface area contributed by atoms with E-state index >= 15 is 0 Å². The fourth-order valence-corrected chi connectivity index (χ4v) is 4.07. The summed E-state index contributed by atoms with van der Waals surface area (Å²) < 4.78 is 0. The second-order valence-corrected chi connectivity index (χ2v) is 5.49. The Hall–Kier alpha value is -0.0800. The van der Waals surface area contributed by atoms with Gasteiger partial charge in [-0.1, -0.05) is 19.8 Å². The molecule has 2 aliphatic rings. The third-order valence-electron chi connectivity index (χ3n) is 4.89. The second-order valence-electron chi connectivity index (χ2n) is 5.49. The Balaban J connectivity index is 2.19. The monoisotopic (exact) mass is 210 g/mol. The Morgan fingerprint density at radius 2 is 2.13 bits per heavy atom. The summed E-state index contributed by atoms with van der Waals surface area (Å²) in [4.78, 5) is 2.74. The fraction of sp³-hybridized carbons (Fsp3) is 1.00. The largest absolute Gasteiger partial charge is 0.329 e. The van der Waals surface area contributed by atoms with E-state index < -0.39 is 0 Å². The molecule has 1 saturated heterocycles. The van der Waals surface area contributed by atoms with Crippen LogP contribution in [0.15, 0.2) is 0 Å². The molecular weight excluding hydrogens is 184 g/mol. The van der Waals surface area contributed by atoms with Gasteiger partial charge in [0.05, 0.1) is 0 Å². The highest BCUT2D eigenvalue weighted by atomic mass is 15.3. The van der Waals surface area contributed by atoms with Gasteiger partial charge in [0.25, 0.3) is 0 Å². The lowest BCUT2D eigenvalue weighted by atomic mass is 9.83. The van der Waals surface area contributed by atoms with Crippen LogP contribution in [-0.2, 0) is 0 Å². The number of hydrogen-bond donors (Lipinski definition) is 1. The van der Waals surface area contributed by atoms with Crippen molar-refractivity contribution < 1.29 is 0 Å². The van der Waals surface area contributed by atoms with Crippen LogP contribution in [0.1, 0.15) is 52.4 Å². The molecule has 88 valence electrons. The molecule has 0 radical (unpaired) electrons. The normalized spacial score (nSPS) is 42.6. The summed E-state index contributed by atoms with van der Waals surface area (Å²) >= 11 is 0. The summed E-state index contributed by atoms with van der Waals surface area (Å²) in [5, 5.41) is 0. The van der Waals surface area contributed by atoms with Crippen molar-refractivity contribution in [3.05, 3.63) is 0 Å². The van der Waals surface area contributed by atoms with E-state index in [4.69, 9.17) is 5.73 Å². The zero-order valence-electron chi connectivity index (χ0n) is 10.3. The molecule has 15 heavy (non-hydrogen) atoms. The van der Waals surface area contributed by atoms with Gasteiger partial charge in [0.15, 0.2) is 0 Å². The van der Waals surface area contributed by atoms with E-state index in [1.54, 1.807) is 0 Å². The topological polar surface area (TPSA) is 29.3 Å². The van der Waals surface area contributed by atoms with Gasteiger partial charge in [0.1, 0.15) is 0 Å². The number of likely N-dealkylation sites (tertiary alicyclic amines) is 1. The van der Waals surface area contributed by atoms with Gasteiger partial charge in [0, 0.05) is 18.1 Å². The van der Waals surface area contributed by atoms with Crippen LogP contribution in [0.25, 0.3) is 0 Å². The molecule has 3 atom stereocenters. The minimum Gasteiger partial charge on any atom is -0.329 e. The van der Waals surface area contributed by atoms with Crippen molar-refractivity contribution >= 4 is 0 Å². The average Bonchev–Trinajstić information content (AvgIpc) is 2.83. The van der Waals surface area contributed by atoms with Crippen LogP contribution in [0.4, 0.5) is 0 Å². The van der Waals surface area contributed by atoms with Crippen molar-refractivity contribution in [2.45, 2.75) is 64.0 Å². The molecule has 0 aromatic heterocycles. The fourth-order valence-electron chi connectivity index (χ4n) is 4.07. The van der Waals surface area contributed by atoms with Crippen LogP contribution in [0, 0.1) is 5.92 Å². The first-order valence-electron chi connectivity index (χ1n) is 6.71. The highest BCUT2D eigenvalue weighted by Crippen LogP contribution is 2.44. The summed E-state index contributed by atoms with van der Waals surface area (Å²) in [7, 11) is 0. The SMILES string of the molecule is CCC1CCCC1(CN)N1CCCC1C. The highest BCUT2D eigenvalue weighted by Gasteiger charge is 2.47. The maximum absolute atomic E-state index is 6.14. The van der Waals surface area contributed by atoms with Crippen LogP contribution in [0.3, 0.4) is 0 Å². The molecule has 2 rings (SSSR count). The van der Waals surface area contributed by atoms with Gasteiger partial charge in [-0.25, -0.2) is 0 Å². The van der Waals surface area contributed by atoms with E-state index in [1.165, 1.54) is 45.1 Å². The van der Waals surface area contributed by atoms with E-state index in [0.717, 1.165) is 18.5 Å². The first-order chi connectivity index (χ1) is 7.24. The zero-order valence-corrected chi connectivity index (χ0v) is 10.3. The first kappa shape index (κ1) is 11.4. The molecule has 1 aliphatic carbocycles. The van der Waals surface area contributed by atoms with Gasteiger partial charge in [-0.3, -0.25) is 4.90 Å². The van der Waals surface area contributed by atoms with Gasteiger partial charge in [-0.15, -0.1) is 0 Å². The molecule has 0 spiro atoms. The Morgan fingerprint density at radius 3 is 2.67 bits per heavy atom. The smallest absolute Gasteiger partial charge is 0.0362 e. The first-order valence-corrected chi connectivity index (χ1v) is 6.71. The minimum absolute atomic E-state index is 0.366. The van der Waals surface area contributed by atoms with Crippen molar-refractivity contribution in [2.24, 2.45) is 11.7 Å². The molecule has 1 aliphatic heterocycles. The van der Waals surface area contributed by atoms with E-state index in [1.807, 2.05) is 0 Å². The van der Waals surface area contributed by atoms with Gasteiger partial charge >= 0.3 is 0 Å². The van der Waals surface area contributed by atoms with E-state index in [9.17, 15) is 0 Å².